The van der Waals surface area contributed by atoms with Crippen molar-refractivity contribution in [3.8, 4) is 0 Å². The number of amides is 1. The number of hydrogen-bond acceptors (Lipinski definition) is 3. The highest BCUT2D eigenvalue weighted by atomic mass is 16.4. The van der Waals surface area contributed by atoms with Crippen molar-refractivity contribution in [1.82, 2.24) is 9.47 Å². The van der Waals surface area contributed by atoms with Crippen molar-refractivity contribution in [2.75, 3.05) is 13.1 Å². The van der Waals surface area contributed by atoms with Gasteiger partial charge in [-0.25, -0.2) is 0 Å². The zero-order valence-electron chi connectivity index (χ0n) is 12.8. The Bertz CT molecular complexity index is 653. The van der Waals surface area contributed by atoms with Crippen molar-refractivity contribution >= 4 is 17.7 Å². The van der Waals surface area contributed by atoms with E-state index in [0.29, 0.717) is 24.3 Å². The minimum absolute atomic E-state index is 0.0606. The first-order chi connectivity index (χ1) is 10.3. The summed E-state index contributed by atoms with van der Waals surface area (Å²) in [5.74, 6) is -1.09. The van der Waals surface area contributed by atoms with Gasteiger partial charge in [0, 0.05) is 31.9 Å². The van der Waals surface area contributed by atoms with Gasteiger partial charge in [0.2, 0.25) is 0 Å². The fourth-order valence-electron chi connectivity index (χ4n) is 3.54. The first-order valence-corrected chi connectivity index (χ1v) is 7.53. The van der Waals surface area contributed by atoms with E-state index in [1.165, 1.54) is 6.92 Å². The maximum atomic E-state index is 12.6. The van der Waals surface area contributed by atoms with E-state index >= 15 is 0 Å². The number of aryl methyl sites for hydroxylation is 1. The van der Waals surface area contributed by atoms with Crippen molar-refractivity contribution in [3.63, 3.8) is 0 Å². The SMILES string of the molecule is CC(=O)c1cc(C(=O)N2CCC3(CC2)CC3C(=O)O)n(C)c1. The molecule has 0 bridgehead atoms. The standard InChI is InChI=1S/C16H20N2O4/c1-10(19)11-7-13(17(2)9-11)14(20)18-5-3-16(4-6-18)8-12(16)15(21)22/h7,9,12H,3-6,8H2,1-2H3,(H,21,22). The van der Waals surface area contributed by atoms with E-state index in [1.807, 2.05) is 0 Å². The number of aliphatic carboxylic acids is 1. The van der Waals surface area contributed by atoms with E-state index in [0.717, 1.165) is 19.3 Å². The Morgan fingerprint density at radius 2 is 1.91 bits per heavy atom. The molecule has 3 rings (SSSR count). The van der Waals surface area contributed by atoms with E-state index in [2.05, 4.69) is 0 Å². The van der Waals surface area contributed by atoms with Gasteiger partial charge in [-0.15, -0.1) is 0 Å². The first-order valence-electron chi connectivity index (χ1n) is 7.53. The van der Waals surface area contributed by atoms with Crippen molar-refractivity contribution in [1.29, 1.82) is 0 Å². The first kappa shape index (κ1) is 14.8. The second kappa shape index (κ2) is 4.97. The van der Waals surface area contributed by atoms with Gasteiger partial charge in [0.1, 0.15) is 5.69 Å². The lowest BCUT2D eigenvalue weighted by Gasteiger charge is -2.32. The molecule has 1 aromatic heterocycles. The molecule has 1 unspecified atom stereocenters. The van der Waals surface area contributed by atoms with Gasteiger partial charge in [-0.3, -0.25) is 14.4 Å². The fraction of sp³-hybridized carbons (Fsp3) is 0.562. The molecule has 1 aliphatic carbocycles. The average molecular weight is 304 g/mol. The quantitative estimate of drug-likeness (QED) is 0.859. The number of carboxylic acids is 1. The third-order valence-corrected chi connectivity index (χ3v) is 5.16. The van der Waals surface area contributed by atoms with E-state index in [4.69, 9.17) is 5.11 Å². The molecule has 2 aliphatic rings. The summed E-state index contributed by atoms with van der Waals surface area (Å²) in [6, 6.07) is 1.63. The summed E-state index contributed by atoms with van der Waals surface area (Å²) in [7, 11) is 1.76. The summed E-state index contributed by atoms with van der Waals surface area (Å²) in [5.41, 5.74) is 0.959. The van der Waals surface area contributed by atoms with Gasteiger partial charge in [-0.2, -0.15) is 0 Å². The van der Waals surface area contributed by atoms with Gasteiger partial charge in [0.05, 0.1) is 5.92 Å². The van der Waals surface area contributed by atoms with Gasteiger partial charge >= 0.3 is 5.97 Å². The Morgan fingerprint density at radius 3 is 2.36 bits per heavy atom. The lowest BCUT2D eigenvalue weighted by molar-refractivity contribution is -0.139. The lowest BCUT2D eigenvalue weighted by Crippen LogP contribution is -2.40. The highest BCUT2D eigenvalue weighted by molar-refractivity contribution is 5.99. The number of nitrogens with zero attached hydrogens (tertiary/aromatic N) is 2. The van der Waals surface area contributed by atoms with Crippen molar-refractivity contribution < 1.29 is 19.5 Å². The average Bonchev–Trinajstić information content (AvgIpc) is 3.02. The number of likely N-dealkylation sites (tertiary alicyclic amines) is 1. The van der Waals surface area contributed by atoms with Crippen LogP contribution >= 0.6 is 0 Å². The predicted molar refractivity (Wildman–Crippen MR) is 78.7 cm³/mol. The number of carbonyl (C=O) groups is 3. The smallest absolute Gasteiger partial charge is 0.307 e. The Hall–Kier alpha value is -2.11. The zero-order chi connectivity index (χ0) is 16.1. The van der Waals surface area contributed by atoms with Crippen LogP contribution in [0.2, 0.25) is 0 Å². The molecule has 2 fully saturated rings. The Labute approximate surface area is 128 Å². The van der Waals surface area contributed by atoms with Crippen LogP contribution in [0.3, 0.4) is 0 Å². The lowest BCUT2D eigenvalue weighted by atomic mass is 9.90. The van der Waals surface area contributed by atoms with Crippen LogP contribution in [0.4, 0.5) is 0 Å². The Balaban J connectivity index is 1.68. The van der Waals surface area contributed by atoms with E-state index in [-0.39, 0.29) is 23.0 Å². The molecule has 2 heterocycles. The maximum Gasteiger partial charge on any atom is 0.307 e. The summed E-state index contributed by atoms with van der Waals surface area (Å²) in [5, 5.41) is 9.10. The molecular formula is C16H20N2O4. The van der Waals surface area contributed by atoms with Crippen LogP contribution in [0.5, 0.6) is 0 Å². The van der Waals surface area contributed by atoms with Gasteiger partial charge in [0.15, 0.2) is 5.78 Å². The molecule has 1 atom stereocenters. The summed E-state index contributed by atoms with van der Waals surface area (Å²) in [4.78, 5) is 36.8. The molecule has 1 N–H and O–H groups in total. The van der Waals surface area contributed by atoms with Crippen LogP contribution in [0.25, 0.3) is 0 Å². The second-order valence-electron chi connectivity index (χ2n) is 6.53. The Morgan fingerprint density at radius 1 is 1.27 bits per heavy atom. The summed E-state index contributed by atoms with van der Waals surface area (Å²) in [6.45, 7) is 2.65. The molecule has 6 heteroatoms. The van der Waals surface area contributed by atoms with Gasteiger partial charge in [-0.05, 0) is 37.7 Å². The molecule has 0 radical (unpaired) electrons. The molecule has 1 saturated carbocycles. The molecule has 1 spiro atoms. The van der Waals surface area contributed by atoms with Crippen molar-refractivity contribution in [2.24, 2.45) is 18.4 Å². The minimum atomic E-state index is -0.715. The summed E-state index contributed by atoms with van der Waals surface area (Å²) < 4.78 is 1.68. The Kier molecular flexibility index (Phi) is 3.34. The summed E-state index contributed by atoms with van der Waals surface area (Å²) in [6.07, 6.45) is 3.91. The number of carboxylic acid groups (broad SMARTS) is 1. The minimum Gasteiger partial charge on any atom is -0.481 e. The third kappa shape index (κ3) is 2.32. The van der Waals surface area contributed by atoms with Crippen LogP contribution in [0, 0.1) is 11.3 Å². The van der Waals surface area contributed by atoms with Gasteiger partial charge in [-0.1, -0.05) is 0 Å². The van der Waals surface area contributed by atoms with Crippen LogP contribution < -0.4 is 0 Å². The van der Waals surface area contributed by atoms with E-state index < -0.39 is 5.97 Å². The summed E-state index contributed by atoms with van der Waals surface area (Å²) >= 11 is 0. The molecule has 1 aliphatic heterocycles. The van der Waals surface area contributed by atoms with Crippen molar-refractivity contribution in [2.45, 2.75) is 26.2 Å². The van der Waals surface area contributed by atoms with Crippen LogP contribution in [0.1, 0.15) is 47.0 Å². The van der Waals surface area contributed by atoms with Crippen molar-refractivity contribution in [3.05, 3.63) is 23.5 Å². The third-order valence-electron chi connectivity index (χ3n) is 5.16. The molecule has 0 aromatic carbocycles. The highest BCUT2D eigenvalue weighted by Gasteiger charge is 2.59. The van der Waals surface area contributed by atoms with Crippen LogP contribution in [0.15, 0.2) is 12.3 Å². The fourth-order valence-corrected chi connectivity index (χ4v) is 3.54. The highest BCUT2D eigenvalue weighted by Crippen LogP contribution is 2.59. The predicted octanol–water partition coefficient (Wildman–Crippen LogP) is 1.55. The van der Waals surface area contributed by atoms with E-state index in [9.17, 15) is 14.4 Å². The monoisotopic (exact) mass is 304 g/mol. The van der Waals surface area contributed by atoms with Gasteiger partial charge in [0.25, 0.3) is 5.91 Å². The molecular weight excluding hydrogens is 284 g/mol. The number of Topliss-reactive ketones (excluding diaryl/α,β-unsaturated/α-hetero) is 1. The van der Waals surface area contributed by atoms with E-state index in [1.54, 1.807) is 28.8 Å². The number of ketones is 1. The second-order valence-corrected chi connectivity index (χ2v) is 6.53. The number of carbonyl (C=O) groups excluding carboxylic acids is 2. The number of hydrogen-bond donors (Lipinski definition) is 1. The number of aromatic nitrogens is 1. The van der Waals surface area contributed by atoms with Crippen LogP contribution in [-0.2, 0) is 11.8 Å². The molecule has 22 heavy (non-hydrogen) atoms. The van der Waals surface area contributed by atoms with Gasteiger partial charge < -0.3 is 14.6 Å². The number of rotatable bonds is 3. The molecule has 1 amide bonds. The maximum absolute atomic E-state index is 12.6. The molecule has 6 nitrogen and oxygen atoms in total. The largest absolute Gasteiger partial charge is 0.481 e. The number of piperidine rings is 1. The normalized spacial score (nSPS) is 22.6. The molecule has 1 saturated heterocycles. The zero-order valence-corrected chi connectivity index (χ0v) is 12.8. The molecule has 118 valence electrons. The topological polar surface area (TPSA) is 79.6 Å². The molecule has 1 aromatic rings. The van der Waals surface area contributed by atoms with Crippen LogP contribution in [-0.4, -0.2) is 45.3 Å².